The van der Waals surface area contributed by atoms with Gasteiger partial charge in [0.15, 0.2) is 0 Å². The molecular weight excluding hydrogens is 452 g/mol. The van der Waals surface area contributed by atoms with Crippen molar-refractivity contribution in [2.75, 3.05) is 0 Å². The molecule has 102 valence electrons. The molecule has 2 aromatic carbocycles. The average Bonchev–Trinajstić information content (AvgIpc) is 2.83. The molecule has 0 aliphatic rings. The van der Waals surface area contributed by atoms with Gasteiger partial charge in [-0.25, -0.2) is 0 Å². The molecule has 0 radical (unpaired) electrons. The molecule has 0 saturated carbocycles. The van der Waals surface area contributed by atoms with Crippen molar-refractivity contribution in [3.8, 4) is 0 Å². The summed E-state index contributed by atoms with van der Waals surface area (Å²) in [6.07, 6.45) is 0. The Kier molecular flexibility index (Phi) is 4.08. The molecule has 1 unspecified atom stereocenters. The summed E-state index contributed by atoms with van der Waals surface area (Å²) in [5.41, 5.74) is 8.12. The Morgan fingerprint density at radius 1 is 1.15 bits per heavy atom. The van der Waals surface area contributed by atoms with Gasteiger partial charge in [-0.3, -0.25) is 0 Å². The van der Waals surface area contributed by atoms with Crippen LogP contribution in [0.15, 0.2) is 51.4 Å². The van der Waals surface area contributed by atoms with Gasteiger partial charge < -0.3 is 10.2 Å². The van der Waals surface area contributed by atoms with Crippen LogP contribution in [0.3, 0.4) is 0 Å². The lowest BCUT2D eigenvalue weighted by molar-refractivity contribution is 0.524. The van der Waals surface area contributed by atoms with Crippen molar-refractivity contribution < 1.29 is 4.42 Å². The SMILES string of the molecule is NC(c1cc2cc(Cl)ccc2o1)c1cc(I)ccc1Br. The van der Waals surface area contributed by atoms with Crippen molar-refractivity contribution in [1.29, 1.82) is 0 Å². The molecule has 0 spiro atoms. The van der Waals surface area contributed by atoms with Crippen LogP contribution in [0.5, 0.6) is 0 Å². The average molecular weight is 463 g/mol. The van der Waals surface area contributed by atoms with Gasteiger partial charge in [0.2, 0.25) is 0 Å². The summed E-state index contributed by atoms with van der Waals surface area (Å²) in [6, 6.07) is 13.2. The molecule has 3 aromatic rings. The minimum Gasteiger partial charge on any atom is -0.459 e. The van der Waals surface area contributed by atoms with Crippen LogP contribution in [0.2, 0.25) is 5.02 Å². The Morgan fingerprint density at radius 2 is 1.95 bits per heavy atom. The Balaban J connectivity index is 2.07. The zero-order valence-electron chi connectivity index (χ0n) is 10.2. The number of nitrogens with two attached hydrogens (primary N) is 1. The van der Waals surface area contributed by atoms with Gasteiger partial charge in [-0.1, -0.05) is 27.5 Å². The molecule has 2 N–H and O–H groups in total. The lowest BCUT2D eigenvalue weighted by Gasteiger charge is -2.11. The van der Waals surface area contributed by atoms with Crippen LogP contribution in [0, 0.1) is 3.57 Å². The number of fused-ring (bicyclic) bond motifs is 1. The Morgan fingerprint density at radius 3 is 2.75 bits per heavy atom. The summed E-state index contributed by atoms with van der Waals surface area (Å²) in [7, 11) is 0. The third-order valence-electron chi connectivity index (χ3n) is 3.10. The monoisotopic (exact) mass is 461 g/mol. The molecule has 0 fully saturated rings. The van der Waals surface area contributed by atoms with Crippen LogP contribution in [0.4, 0.5) is 0 Å². The minimum atomic E-state index is -0.315. The van der Waals surface area contributed by atoms with E-state index in [-0.39, 0.29) is 6.04 Å². The third-order valence-corrected chi connectivity index (χ3v) is 4.73. The predicted octanol–water partition coefficient (Wildman–Crippen LogP) is 5.50. The molecule has 5 heteroatoms. The lowest BCUT2D eigenvalue weighted by Crippen LogP contribution is -2.11. The normalized spacial score (nSPS) is 12.8. The highest BCUT2D eigenvalue weighted by molar-refractivity contribution is 14.1. The number of hydrogen-bond donors (Lipinski definition) is 1. The molecule has 0 saturated heterocycles. The Hall–Kier alpha value is -0.560. The maximum Gasteiger partial charge on any atom is 0.134 e. The molecule has 1 aromatic heterocycles. The van der Waals surface area contributed by atoms with Crippen molar-refractivity contribution in [2.45, 2.75) is 6.04 Å². The van der Waals surface area contributed by atoms with Gasteiger partial charge in [-0.15, -0.1) is 0 Å². The smallest absolute Gasteiger partial charge is 0.134 e. The highest BCUT2D eigenvalue weighted by Crippen LogP contribution is 2.32. The number of furan rings is 1. The molecule has 20 heavy (non-hydrogen) atoms. The first kappa shape index (κ1) is 14.4. The molecule has 1 heterocycles. The molecule has 0 aliphatic carbocycles. The van der Waals surface area contributed by atoms with Crippen LogP contribution in [-0.2, 0) is 0 Å². The van der Waals surface area contributed by atoms with E-state index in [4.69, 9.17) is 21.8 Å². The van der Waals surface area contributed by atoms with E-state index in [1.165, 1.54) is 0 Å². The van der Waals surface area contributed by atoms with Crippen molar-refractivity contribution in [3.05, 3.63) is 66.9 Å². The molecule has 0 aliphatic heterocycles. The maximum atomic E-state index is 6.33. The Labute approximate surface area is 143 Å². The lowest BCUT2D eigenvalue weighted by atomic mass is 10.1. The summed E-state index contributed by atoms with van der Waals surface area (Å²) in [6.45, 7) is 0. The van der Waals surface area contributed by atoms with Gasteiger partial charge in [-0.2, -0.15) is 0 Å². The summed E-state index contributed by atoms with van der Waals surface area (Å²) in [5.74, 6) is 0.727. The first-order chi connectivity index (χ1) is 9.54. The summed E-state index contributed by atoms with van der Waals surface area (Å²) >= 11 is 11.8. The van der Waals surface area contributed by atoms with Crippen LogP contribution >= 0.6 is 50.1 Å². The fourth-order valence-electron chi connectivity index (χ4n) is 2.09. The van der Waals surface area contributed by atoms with Gasteiger partial charge in [0.25, 0.3) is 0 Å². The van der Waals surface area contributed by atoms with Crippen LogP contribution in [-0.4, -0.2) is 0 Å². The maximum absolute atomic E-state index is 6.33. The summed E-state index contributed by atoms with van der Waals surface area (Å²) in [4.78, 5) is 0. The number of halogens is 3. The summed E-state index contributed by atoms with van der Waals surface area (Å²) in [5, 5.41) is 1.65. The van der Waals surface area contributed by atoms with E-state index in [9.17, 15) is 0 Å². The third kappa shape index (κ3) is 2.74. The first-order valence-corrected chi connectivity index (χ1v) is 8.19. The standard InChI is InChI=1S/C15H10BrClINO/c16-12-3-2-10(18)7-11(12)15(19)14-6-8-5-9(17)1-4-13(8)20-14/h1-7,15H,19H2. The minimum absolute atomic E-state index is 0.315. The first-order valence-electron chi connectivity index (χ1n) is 5.94. The van der Waals surface area contributed by atoms with Crippen molar-refractivity contribution in [2.24, 2.45) is 5.73 Å². The van der Waals surface area contributed by atoms with Crippen LogP contribution in [0.1, 0.15) is 17.4 Å². The Bertz CT molecular complexity index is 787. The predicted molar refractivity (Wildman–Crippen MR) is 94.1 cm³/mol. The topological polar surface area (TPSA) is 39.2 Å². The van der Waals surface area contributed by atoms with Crippen molar-refractivity contribution in [3.63, 3.8) is 0 Å². The number of benzene rings is 2. The van der Waals surface area contributed by atoms with E-state index in [0.717, 1.165) is 30.3 Å². The van der Waals surface area contributed by atoms with Gasteiger partial charge >= 0.3 is 0 Å². The van der Waals surface area contributed by atoms with E-state index in [1.54, 1.807) is 0 Å². The largest absolute Gasteiger partial charge is 0.459 e. The van der Waals surface area contributed by atoms with Crippen molar-refractivity contribution >= 4 is 61.1 Å². The molecule has 1 atom stereocenters. The highest BCUT2D eigenvalue weighted by Gasteiger charge is 2.17. The van der Waals surface area contributed by atoms with E-state index in [1.807, 2.05) is 36.4 Å². The van der Waals surface area contributed by atoms with E-state index in [0.29, 0.717) is 5.02 Å². The molecule has 3 rings (SSSR count). The fourth-order valence-corrected chi connectivity index (χ4v) is 3.28. The molecular formula is C15H10BrClINO. The fraction of sp³-hybridized carbons (Fsp3) is 0.0667. The van der Waals surface area contributed by atoms with Crippen LogP contribution in [0.25, 0.3) is 11.0 Å². The zero-order chi connectivity index (χ0) is 14.3. The van der Waals surface area contributed by atoms with Crippen molar-refractivity contribution in [1.82, 2.24) is 0 Å². The highest BCUT2D eigenvalue weighted by atomic mass is 127. The number of rotatable bonds is 2. The second-order valence-electron chi connectivity index (χ2n) is 4.47. The second kappa shape index (κ2) is 5.67. The molecule has 2 nitrogen and oxygen atoms in total. The van der Waals surface area contributed by atoms with Crippen LogP contribution < -0.4 is 5.73 Å². The molecule has 0 amide bonds. The van der Waals surface area contributed by atoms with E-state index < -0.39 is 0 Å². The van der Waals surface area contributed by atoms with Gasteiger partial charge in [0.05, 0.1) is 6.04 Å². The summed E-state index contributed by atoms with van der Waals surface area (Å²) < 4.78 is 7.94. The van der Waals surface area contributed by atoms with E-state index in [2.05, 4.69) is 44.6 Å². The second-order valence-corrected chi connectivity index (χ2v) is 7.01. The molecule has 0 bridgehead atoms. The van der Waals surface area contributed by atoms with Gasteiger partial charge in [0.1, 0.15) is 11.3 Å². The van der Waals surface area contributed by atoms with E-state index >= 15 is 0 Å². The zero-order valence-corrected chi connectivity index (χ0v) is 14.7. The number of hydrogen-bond acceptors (Lipinski definition) is 2. The van der Waals surface area contributed by atoms with Gasteiger partial charge in [0, 0.05) is 18.5 Å². The quantitative estimate of drug-likeness (QED) is 0.511. The van der Waals surface area contributed by atoms with Gasteiger partial charge in [-0.05, 0) is 70.6 Å².